The fourth-order valence-corrected chi connectivity index (χ4v) is 1.19. The first-order valence-electron chi connectivity index (χ1n) is 4.95. The van der Waals surface area contributed by atoms with Crippen molar-refractivity contribution in [2.24, 2.45) is 5.41 Å². The third-order valence-corrected chi connectivity index (χ3v) is 2.14. The van der Waals surface area contributed by atoms with Crippen molar-refractivity contribution in [1.29, 1.82) is 0 Å². The van der Waals surface area contributed by atoms with Crippen molar-refractivity contribution in [3.05, 3.63) is 35.9 Å². The molecule has 0 heterocycles. The van der Waals surface area contributed by atoms with E-state index in [1.807, 2.05) is 32.0 Å². The topological polar surface area (TPSA) is 12.0 Å². The van der Waals surface area contributed by atoms with Crippen molar-refractivity contribution in [2.75, 3.05) is 13.2 Å². The van der Waals surface area contributed by atoms with Crippen LogP contribution in [-0.2, 0) is 6.54 Å². The number of hydrogen-bond donors (Lipinski definition) is 1. The minimum absolute atomic E-state index is 0.255. The lowest BCUT2D eigenvalue weighted by atomic mass is 9.96. The highest BCUT2D eigenvalue weighted by Gasteiger charge is 2.16. The molecule has 0 aliphatic heterocycles. The van der Waals surface area contributed by atoms with Gasteiger partial charge in [-0.05, 0) is 5.56 Å². The largest absolute Gasteiger partial charge is 0.312 e. The van der Waals surface area contributed by atoms with Crippen molar-refractivity contribution in [2.45, 2.75) is 20.4 Å². The Kier molecular flexibility index (Phi) is 4.08. The Morgan fingerprint density at radius 3 is 2.43 bits per heavy atom. The molecule has 0 spiro atoms. The van der Waals surface area contributed by atoms with Crippen LogP contribution in [0.4, 0.5) is 4.39 Å². The molecule has 14 heavy (non-hydrogen) atoms. The molecule has 78 valence electrons. The monoisotopic (exact) mass is 195 g/mol. The van der Waals surface area contributed by atoms with Gasteiger partial charge in [0.05, 0.1) is 6.67 Å². The van der Waals surface area contributed by atoms with Crippen LogP contribution < -0.4 is 5.32 Å². The van der Waals surface area contributed by atoms with Crippen molar-refractivity contribution in [1.82, 2.24) is 5.32 Å². The summed E-state index contributed by atoms with van der Waals surface area (Å²) in [6.07, 6.45) is 0. The molecular weight excluding hydrogens is 177 g/mol. The highest BCUT2D eigenvalue weighted by molar-refractivity contribution is 5.14. The predicted octanol–water partition coefficient (Wildman–Crippen LogP) is 2.77. The van der Waals surface area contributed by atoms with E-state index in [1.165, 1.54) is 5.56 Å². The molecule has 0 radical (unpaired) electrons. The number of hydrogen-bond acceptors (Lipinski definition) is 1. The second-order valence-corrected chi connectivity index (χ2v) is 4.39. The third kappa shape index (κ3) is 3.88. The fraction of sp³-hybridized carbons (Fsp3) is 0.500. The molecule has 1 rings (SSSR count). The lowest BCUT2D eigenvalue weighted by Crippen LogP contribution is -2.30. The van der Waals surface area contributed by atoms with Gasteiger partial charge in [0.15, 0.2) is 0 Å². The van der Waals surface area contributed by atoms with Crippen LogP contribution >= 0.6 is 0 Å². The van der Waals surface area contributed by atoms with E-state index in [9.17, 15) is 4.39 Å². The Morgan fingerprint density at radius 2 is 1.86 bits per heavy atom. The first-order chi connectivity index (χ1) is 6.64. The molecule has 0 saturated carbocycles. The van der Waals surface area contributed by atoms with Gasteiger partial charge in [0.2, 0.25) is 0 Å². The highest BCUT2D eigenvalue weighted by Crippen LogP contribution is 2.13. The van der Waals surface area contributed by atoms with Gasteiger partial charge in [0.1, 0.15) is 0 Å². The van der Waals surface area contributed by atoms with Gasteiger partial charge in [-0.3, -0.25) is 4.39 Å². The number of rotatable bonds is 5. The summed E-state index contributed by atoms with van der Waals surface area (Å²) >= 11 is 0. The molecule has 1 nitrogen and oxygen atoms in total. The van der Waals surface area contributed by atoms with E-state index in [0.29, 0.717) is 6.54 Å². The second-order valence-electron chi connectivity index (χ2n) is 4.39. The van der Waals surface area contributed by atoms with Gasteiger partial charge in [-0.2, -0.15) is 0 Å². The van der Waals surface area contributed by atoms with E-state index in [0.717, 1.165) is 6.54 Å². The first-order valence-corrected chi connectivity index (χ1v) is 4.95. The number of alkyl halides is 1. The molecule has 0 bridgehead atoms. The van der Waals surface area contributed by atoms with Crippen molar-refractivity contribution >= 4 is 0 Å². The maximum Gasteiger partial charge on any atom is 0.0957 e. The Hall–Kier alpha value is -0.890. The molecule has 0 fully saturated rings. The van der Waals surface area contributed by atoms with Gasteiger partial charge < -0.3 is 5.32 Å². The van der Waals surface area contributed by atoms with Gasteiger partial charge in [-0.15, -0.1) is 0 Å². The van der Waals surface area contributed by atoms with E-state index in [2.05, 4.69) is 17.4 Å². The average Bonchev–Trinajstić information content (AvgIpc) is 2.19. The zero-order chi connectivity index (χ0) is 10.4. The molecule has 0 unspecified atom stereocenters. The van der Waals surface area contributed by atoms with Gasteiger partial charge in [-0.25, -0.2) is 0 Å². The first kappa shape index (κ1) is 11.2. The molecule has 0 atom stereocenters. The van der Waals surface area contributed by atoms with Crippen LogP contribution in [0.25, 0.3) is 0 Å². The Labute approximate surface area is 85.3 Å². The average molecular weight is 195 g/mol. The van der Waals surface area contributed by atoms with Crippen molar-refractivity contribution < 1.29 is 4.39 Å². The van der Waals surface area contributed by atoms with Crippen LogP contribution in [0.2, 0.25) is 0 Å². The Bertz CT molecular complexity index is 256. The molecule has 1 N–H and O–H groups in total. The van der Waals surface area contributed by atoms with Crippen LogP contribution in [0, 0.1) is 5.41 Å². The lowest BCUT2D eigenvalue weighted by Gasteiger charge is -2.20. The molecule has 1 aromatic carbocycles. The Balaban J connectivity index is 2.29. The third-order valence-electron chi connectivity index (χ3n) is 2.14. The maximum absolute atomic E-state index is 12.5. The minimum atomic E-state index is -0.283. The van der Waals surface area contributed by atoms with Crippen LogP contribution in [0.3, 0.4) is 0 Å². The quantitative estimate of drug-likeness (QED) is 0.761. The lowest BCUT2D eigenvalue weighted by molar-refractivity contribution is 0.247. The summed E-state index contributed by atoms with van der Waals surface area (Å²) in [7, 11) is 0. The molecular formula is C12H18FN. The number of halogens is 1. The zero-order valence-corrected chi connectivity index (χ0v) is 8.89. The van der Waals surface area contributed by atoms with Crippen LogP contribution in [0.5, 0.6) is 0 Å². The maximum atomic E-state index is 12.5. The van der Waals surface area contributed by atoms with Gasteiger partial charge in [0, 0.05) is 18.5 Å². The van der Waals surface area contributed by atoms with Crippen LogP contribution in [0.1, 0.15) is 19.4 Å². The van der Waals surface area contributed by atoms with Crippen LogP contribution in [-0.4, -0.2) is 13.2 Å². The Morgan fingerprint density at radius 1 is 1.21 bits per heavy atom. The van der Waals surface area contributed by atoms with E-state index < -0.39 is 0 Å². The van der Waals surface area contributed by atoms with Crippen molar-refractivity contribution in [3.63, 3.8) is 0 Å². The smallest absolute Gasteiger partial charge is 0.0957 e. The molecule has 0 aliphatic carbocycles. The van der Waals surface area contributed by atoms with Crippen molar-refractivity contribution in [3.8, 4) is 0 Å². The molecule has 2 heteroatoms. The SMILES string of the molecule is CC(C)(CF)CNCc1ccccc1. The van der Waals surface area contributed by atoms with Gasteiger partial charge in [-0.1, -0.05) is 44.2 Å². The summed E-state index contributed by atoms with van der Waals surface area (Å²) in [6.45, 7) is 5.08. The van der Waals surface area contributed by atoms with Gasteiger partial charge in [0.25, 0.3) is 0 Å². The second kappa shape index (κ2) is 5.11. The molecule has 0 saturated heterocycles. The normalized spacial score (nSPS) is 11.6. The standard InChI is InChI=1S/C12H18FN/c1-12(2,9-13)10-14-8-11-6-4-3-5-7-11/h3-7,14H,8-10H2,1-2H3. The molecule has 0 aromatic heterocycles. The summed E-state index contributed by atoms with van der Waals surface area (Å²) in [5.74, 6) is 0. The summed E-state index contributed by atoms with van der Waals surface area (Å²) in [4.78, 5) is 0. The number of nitrogens with one attached hydrogen (secondary N) is 1. The van der Waals surface area contributed by atoms with E-state index in [1.54, 1.807) is 0 Å². The molecule has 0 aliphatic rings. The summed E-state index contributed by atoms with van der Waals surface area (Å²) < 4.78 is 12.5. The highest BCUT2D eigenvalue weighted by atomic mass is 19.1. The summed E-state index contributed by atoms with van der Waals surface area (Å²) in [5, 5.41) is 3.25. The predicted molar refractivity (Wildman–Crippen MR) is 57.9 cm³/mol. The van der Waals surface area contributed by atoms with Gasteiger partial charge >= 0.3 is 0 Å². The van der Waals surface area contributed by atoms with E-state index >= 15 is 0 Å². The fourth-order valence-electron chi connectivity index (χ4n) is 1.19. The van der Waals surface area contributed by atoms with Crippen LogP contribution in [0.15, 0.2) is 30.3 Å². The zero-order valence-electron chi connectivity index (χ0n) is 8.89. The van der Waals surface area contributed by atoms with E-state index in [-0.39, 0.29) is 12.1 Å². The summed E-state index contributed by atoms with van der Waals surface area (Å²) in [5.41, 5.74) is 0.983. The minimum Gasteiger partial charge on any atom is -0.312 e. The molecule has 0 amide bonds. The van der Waals surface area contributed by atoms with E-state index in [4.69, 9.17) is 0 Å². The summed E-state index contributed by atoms with van der Waals surface area (Å²) in [6, 6.07) is 10.1. The number of benzene rings is 1. The molecule has 1 aromatic rings.